The second-order valence-corrected chi connectivity index (χ2v) is 9.03. The number of fused-ring (bicyclic) bond motifs is 1. The summed E-state index contributed by atoms with van der Waals surface area (Å²) in [6.07, 6.45) is 13.0. The molecule has 0 unspecified atom stereocenters. The number of aromatic nitrogens is 4. The maximum absolute atomic E-state index is 5.62. The fourth-order valence-electron chi connectivity index (χ4n) is 5.14. The number of hydrogen-bond acceptors (Lipinski definition) is 5. The van der Waals surface area contributed by atoms with Gasteiger partial charge in [0, 0.05) is 60.8 Å². The van der Waals surface area contributed by atoms with Gasteiger partial charge in [-0.25, -0.2) is 4.98 Å². The lowest BCUT2D eigenvalue weighted by Gasteiger charge is -2.42. The fourth-order valence-corrected chi connectivity index (χ4v) is 5.42. The summed E-state index contributed by atoms with van der Waals surface area (Å²) in [5.41, 5.74) is 4.52. The highest BCUT2D eigenvalue weighted by Crippen LogP contribution is 2.38. The van der Waals surface area contributed by atoms with Crippen LogP contribution in [0, 0.1) is 0 Å². The SMILES string of the molecule is C[C@H]1COCCN1C1CCC(c2cnc3c(c2)c(-c2cnn(C)c2)cn3S)CC1. The Bertz CT molecular complexity index is 1000. The molecule has 7 heteroatoms. The van der Waals surface area contributed by atoms with Crippen molar-refractivity contribution < 1.29 is 4.74 Å². The van der Waals surface area contributed by atoms with Gasteiger partial charge in [-0.2, -0.15) is 5.10 Å². The number of ether oxygens (including phenoxy) is 1. The predicted molar refractivity (Wildman–Crippen MR) is 118 cm³/mol. The summed E-state index contributed by atoms with van der Waals surface area (Å²) in [7, 11) is 1.95. The van der Waals surface area contributed by atoms with Crippen LogP contribution in [0.25, 0.3) is 22.2 Å². The fraction of sp³-hybridized carbons (Fsp3) is 0.545. The molecule has 0 amide bonds. The Kier molecular flexibility index (Phi) is 5.14. The lowest BCUT2D eigenvalue weighted by molar-refractivity contribution is -0.0301. The van der Waals surface area contributed by atoms with E-state index in [2.05, 4.69) is 42.0 Å². The molecule has 0 bridgehead atoms. The second kappa shape index (κ2) is 7.78. The monoisotopic (exact) mass is 411 g/mol. The highest BCUT2D eigenvalue weighted by molar-refractivity contribution is 7.78. The Morgan fingerprint density at radius 2 is 1.97 bits per heavy atom. The van der Waals surface area contributed by atoms with Gasteiger partial charge in [0.15, 0.2) is 0 Å². The molecule has 1 saturated carbocycles. The molecule has 0 spiro atoms. The van der Waals surface area contributed by atoms with Crippen LogP contribution in [0.5, 0.6) is 0 Å². The molecule has 1 aliphatic carbocycles. The van der Waals surface area contributed by atoms with Crippen LogP contribution in [-0.2, 0) is 11.8 Å². The van der Waals surface area contributed by atoms with Crippen molar-refractivity contribution in [2.75, 3.05) is 19.8 Å². The number of thiol groups is 1. The van der Waals surface area contributed by atoms with E-state index in [1.54, 1.807) is 0 Å². The minimum absolute atomic E-state index is 0.542. The zero-order valence-corrected chi connectivity index (χ0v) is 18.1. The Morgan fingerprint density at radius 1 is 1.14 bits per heavy atom. The van der Waals surface area contributed by atoms with Crippen molar-refractivity contribution >= 4 is 23.8 Å². The van der Waals surface area contributed by atoms with Crippen LogP contribution in [0.15, 0.2) is 30.9 Å². The number of rotatable bonds is 3. The first-order chi connectivity index (χ1) is 14.1. The summed E-state index contributed by atoms with van der Waals surface area (Å²) >= 11 is 4.58. The Balaban J connectivity index is 1.37. The van der Waals surface area contributed by atoms with Crippen LogP contribution >= 0.6 is 12.8 Å². The van der Waals surface area contributed by atoms with E-state index in [9.17, 15) is 0 Å². The molecule has 3 aromatic heterocycles. The van der Waals surface area contributed by atoms with Gasteiger partial charge in [0.05, 0.1) is 19.4 Å². The van der Waals surface area contributed by atoms with Crippen LogP contribution in [0.4, 0.5) is 0 Å². The molecule has 2 aliphatic rings. The molecule has 1 aliphatic heterocycles. The number of hydrogen-bond donors (Lipinski definition) is 1. The quantitative estimate of drug-likeness (QED) is 0.665. The molecule has 0 aromatic carbocycles. The highest BCUT2D eigenvalue weighted by Gasteiger charge is 2.31. The summed E-state index contributed by atoms with van der Waals surface area (Å²) < 4.78 is 9.27. The third-order valence-corrected chi connectivity index (χ3v) is 7.02. The van der Waals surface area contributed by atoms with Gasteiger partial charge < -0.3 is 4.74 Å². The molecule has 154 valence electrons. The van der Waals surface area contributed by atoms with Crippen LogP contribution in [0.1, 0.15) is 44.1 Å². The van der Waals surface area contributed by atoms with Crippen LogP contribution in [0.3, 0.4) is 0 Å². The zero-order valence-electron chi connectivity index (χ0n) is 17.2. The van der Waals surface area contributed by atoms with Gasteiger partial charge in [0.2, 0.25) is 0 Å². The third-order valence-electron chi connectivity index (χ3n) is 6.72. The summed E-state index contributed by atoms with van der Waals surface area (Å²) in [5.74, 6) is 0.588. The molecule has 3 aromatic rings. The Hall–Kier alpha value is -1.83. The van der Waals surface area contributed by atoms with Crippen LogP contribution < -0.4 is 0 Å². The van der Waals surface area contributed by atoms with Crippen molar-refractivity contribution in [2.45, 2.75) is 50.6 Å². The largest absolute Gasteiger partial charge is 0.379 e. The van der Waals surface area contributed by atoms with Crippen molar-refractivity contribution in [3.05, 3.63) is 36.4 Å². The maximum Gasteiger partial charge on any atom is 0.150 e. The predicted octanol–water partition coefficient (Wildman–Crippen LogP) is 3.88. The van der Waals surface area contributed by atoms with Crippen molar-refractivity contribution in [1.29, 1.82) is 0 Å². The van der Waals surface area contributed by atoms with E-state index >= 15 is 0 Å². The average Bonchev–Trinajstić information content (AvgIpc) is 3.31. The van der Waals surface area contributed by atoms with E-state index in [-0.39, 0.29) is 0 Å². The number of nitrogens with zero attached hydrogens (tertiary/aromatic N) is 5. The standard InChI is InChI=1S/C22H29N5OS/c1-15-14-28-8-7-26(15)19-5-3-16(4-6-19)17-9-20-21(18-11-24-25(2)12-18)13-27(29)22(20)23-10-17/h9-13,15-16,19,29H,3-8,14H2,1-2H3/t15-,16?,19?/m0/s1. The lowest BCUT2D eigenvalue weighted by atomic mass is 9.81. The van der Waals surface area contributed by atoms with Crippen molar-refractivity contribution in [3.8, 4) is 11.1 Å². The summed E-state index contributed by atoms with van der Waals surface area (Å²) in [5, 5.41) is 5.49. The molecule has 29 heavy (non-hydrogen) atoms. The van der Waals surface area contributed by atoms with Gasteiger partial charge in [0.25, 0.3) is 0 Å². The zero-order chi connectivity index (χ0) is 20.0. The van der Waals surface area contributed by atoms with Gasteiger partial charge >= 0.3 is 0 Å². The first-order valence-corrected chi connectivity index (χ1v) is 11.0. The van der Waals surface area contributed by atoms with Gasteiger partial charge in [-0.3, -0.25) is 13.6 Å². The van der Waals surface area contributed by atoms with Crippen molar-refractivity contribution in [3.63, 3.8) is 0 Å². The normalized spacial score (nSPS) is 26.2. The van der Waals surface area contributed by atoms with Crippen LogP contribution in [-0.4, -0.2) is 55.5 Å². The van der Waals surface area contributed by atoms with Gasteiger partial charge in [0.1, 0.15) is 5.65 Å². The van der Waals surface area contributed by atoms with Gasteiger partial charge in [-0.1, -0.05) is 12.8 Å². The van der Waals surface area contributed by atoms with Crippen molar-refractivity contribution in [2.24, 2.45) is 7.05 Å². The topological polar surface area (TPSA) is 48.1 Å². The number of aryl methyl sites for hydroxylation is 1. The number of pyridine rings is 1. The van der Waals surface area contributed by atoms with Crippen molar-refractivity contribution in [1.82, 2.24) is 23.6 Å². The van der Waals surface area contributed by atoms with E-state index in [1.165, 1.54) is 31.2 Å². The van der Waals surface area contributed by atoms with E-state index in [0.29, 0.717) is 18.0 Å². The summed E-state index contributed by atoms with van der Waals surface area (Å²) in [6, 6.07) is 3.58. The smallest absolute Gasteiger partial charge is 0.150 e. The average molecular weight is 412 g/mol. The van der Waals surface area contributed by atoms with E-state index in [0.717, 1.165) is 41.9 Å². The first-order valence-electron chi connectivity index (χ1n) is 10.6. The molecule has 2 fully saturated rings. The van der Waals surface area contributed by atoms with Crippen LogP contribution in [0.2, 0.25) is 0 Å². The van der Waals surface area contributed by atoms with E-state index in [4.69, 9.17) is 9.72 Å². The lowest BCUT2D eigenvalue weighted by Crippen LogP contribution is -2.50. The first kappa shape index (κ1) is 19.2. The third kappa shape index (κ3) is 3.60. The highest BCUT2D eigenvalue weighted by atomic mass is 32.1. The van der Waals surface area contributed by atoms with E-state index in [1.807, 2.05) is 34.3 Å². The molecule has 1 atom stereocenters. The molecule has 6 nitrogen and oxygen atoms in total. The molecule has 0 N–H and O–H groups in total. The minimum Gasteiger partial charge on any atom is -0.379 e. The Labute approximate surface area is 177 Å². The minimum atomic E-state index is 0.542. The van der Waals surface area contributed by atoms with E-state index < -0.39 is 0 Å². The maximum atomic E-state index is 5.62. The molecule has 5 rings (SSSR count). The summed E-state index contributed by atoms with van der Waals surface area (Å²) in [4.78, 5) is 7.43. The molecule has 1 saturated heterocycles. The molecule has 4 heterocycles. The summed E-state index contributed by atoms with van der Waals surface area (Å²) in [6.45, 7) is 5.13. The Morgan fingerprint density at radius 3 is 2.69 bits per heavy atom. The van der Waals surface area contributed by atoms with Gasteiger partial charge in [-0.15, -0.1) is 0 Å². The molecule has 0 radical (unpaired) electrons. The second-order valence-electron chi connectivity index (χ2n) is 8.60. The number of morpholine rings is 1. The molecular formula is C22H29N5OS. The molecular weight excluding hydrogens is 382 g/mol. The van der Waals surface area contributed by atoms with Gasteiger partial charge in [-0.05, 0) is 50.2 Å².